The fourth-order valence-corrected chi connectivity index (χ4v) is 9.14. The number of aromatic nitrogens is 2. The van der Waals surface area contributed by atoms with Gasteiger partial charge in [-0.25, -0.2) is 0 Å². The first-order valence-corrected chi connectivity index (χ1v) is 18.7. The molecule has 0 atom stereocenters. The number of hydrogen-bond acceptors (Lipinski definition) is 0. The molecule has 1 aliphatic carbocycles. The maximum atomic E-state index is 4.44. The van der Waals surface area contributed by atoms with Gasteiger partial charge in [-0.3, -0.25) is 0 Å². The van der Waals surface area contributed by atoms with Crippen LogP contribution >= 0.6 is 0 Å². The van der Waals surface area contributed by atoms with Gasteiger partial charge in [0.1, 0.15) is 0 Å². The van der Waals surface area contributed by atoms with Crippen LogP contribution in [0.3, 0.4) is 0 Å². The number of fused-ring (bicyclic) bond motifs is 4. The Labute approximate surface area is 316 Å². The predicted octanol–water partition coefficient (Wildman–Crippen LogP) is 13.1. The summed E-state index contributed by atoms with van der Waals surface area (Å²) in [7, 11) is 0. The van der Waals surface area contributed by atoms with E-state index in [9.17, 15) is 0 Å². The largest absolute Gasteiger partial charge is 0.308 e. The third kappa shape index (κ3) is 4.60. The Kier molecular flexibility index (Phi) is 7.45. The minimum atomic E-state index is -0.504. The van der Waals surface area contributed by atoms with Gasteiger partial charge in [-0.15, -0.1) is 0 Å². The van der Waals surface area contributed by atoms with Crippen molar-refractivity contribution in [3.63, 3.8) is 0 Å². The molecule has 7 aromatic carbocycles. The van der Waals surface area contributed by atoms with Gasteiger partial charge in [0, 0.05) is 22.3 Å². The van der Waals surface area contributed by atoms with Crippen molar-refractivity contribution in [2.24, 2.45) is 0 Å². The lowest BCUT2D eigenvalue weighted by molar-refractivity contribution is 0.767. The lowest BCUT2D eigenvalue weighted by atomic mass is 9.67. The summed E-state index contributed by atoms with van der Waals surface area (Å²) in [6, 6.07) is 70.7. The number of nitrogens with zero attached hydrogens (tertiary/aromatic N) is 2. The van der Waals surface area contributed by atoms with E-state index in [-0.39, 0.29) is 0 Å². The normalized spacial score (nSPS) is 12.8. The predicted molar refractivity (Wildman–Crippen MR) is 226 cm³/mol. The highest BCUT2D eigenvalue weighted by Crippen LogP contribution is 2.57. The van der Waals surface area contributed by atoms with Gasteiger partial charge < -0.3 is 9.13 Å². The molecule has 0 spiro atoms. The lowest BCUT2D eigenvalue weighted by Gasteiger charge is -2.34. The summed E-state index contributed by atoms with van der Waals surface area (Å²) in [5.74, 6) is 0. The van der Waals surface area contributed by atoms with Crippen molar-refractivity contribution in [3.8, 4) is 45.1 Å². The zero-order valence-corrected chi connectivity index (χ0v) is 30.2. The minimum Gasteiger partial charge on any atom is -0.308 e. The van der Waals surface area contributed by atoms with Gasteiger partial charge in [0.15, 0.2) is 0 Å². The van der Waals surface area contributed by atoms with Crippen LogP contribution < -0.4 is 0 Å². The highest BCUT2D eigenvalue weighted by molar-refractivity contribution is 6.00. The summed E-state index contributed by atoms with van der Waals surface area (Å²) in [5, 5.41) is 1.17. The molecule has 2 heteroatoms. The third-order valence-corrected chi connectivity index (χ3v) is 11.3. The van der Waals surface area contributed by atoms with Crippen molar-refractivity contribution in [2.45, 2.75) is 12.3 Å². The van der Waals surface area contributed by atoms with E-state index in [0.29, 0.717) is 0 Å². The molecule has 54 heavy (non-hydrogen) atoms. The molecule has 0 saturated carbocycles. The van der Waals surface area contributed by atoms with Crippen LogP contribution in [0, 0.1) is 6.92 Å². The second kappa shape index (κ2) is 12.6. The first-order chi connectivity index (χ1) is 26.7. The Hall–Kier alpha value is -6.90. The van der Waals surface area contributed by atoms with Gasteiger partial charge in [-0.05, 0) is 87.8 Å². The summed E-state index contributed by atoms with van der Waals surface area (Å²) in [6.45, 7) is 6.68. The van der Waals surface area contributed by atoms with Crippen LogP contribution in [0.15, 0.2) is 201 Å². The molecular weight excluding hydrogens is 653 g/mol. The van der Waals surface area contributed by atoms with Crippen LogP contribution in [-0.4, -0.2) is 9.13 Å². The highest BCUT2D eigenvalue weighted by atomic mass is 15.1. The smallest absolute Gasteiger partial charge is 0.0784 e. The summed E-state index contributed by atoms with van der Waals surface area (Å²) in [5.41, 5.74) is 17.4. The quantitative estimate of drug-likeness (QED) is 0.158. The summed E-state index contributed by atoms with van der Waals surface area (Å²) >= 11 is 0. The molecule has 1 aliphatic rings. The van der Waals surface area contributed by atoms with Gasteiger partial charge in [0.05, 0.1) is 28.0 Å². The van der Waals surface area contributed by atoms with Gasteiger partial charge >= 0.3 is 0 Å². The molecule has 2 nitrogen and oxygen atoms in total. The van der Waals surface area contributed by atoms with Gasteiger partial charge in [0.25, 0.3) is 0 Å². The molecule has 0 radical (unpaired) electrons. The zero-order chi connectivity index (χ0) is 36.2. The van der Waals surface area contributed by atoms with E-state index in [1.807, 2.05) is 6.08 Å². The number of hydrogen-bond donors (Lipinski definition) is 0. The Morgan fingerprint density at radius 3 is 1.74 bits per heavy atom. The minimum absolute atomic E-state index is 0.504. The molecule has 0 unspecified atom stereocenters. The van der Waals surface area contributed by atoms with Crippen LogP contribution in [-0.2, 0) is 5.41 Å². The van der Waals surface area contributed by atoms with Gasteiger partial charge in [0.2, 0.25) is 0 Å². The third-order valence-electron chi connectivity index (χ3n) is 11.3. The van der Waals surface area contributed by atoms with Crippen molar-refractivity contribution >= 4 is 17.0 Å². The number of aryl methyl sites for hydroxylation is 1. The number of para-hydroxylation sites is 2. The molecule has 10 rings (SSSR count). The first kappa shape index (κ1) is 31.8. The summed E-state index contributed by atoms with van der Waals surface area (Å²) in [6.07, 6.45) is 2.04. The standard InChI is InChI=1S/C52H38N2/c1-3-42-45-29-17-19-31-48(45)54(51(42)50-36(2)34-49(37-20-8-4-9-21-37)53(50)40-26-14-7-15-27-40)41-32-33-44-43-28-16-18-30-46(43)52(47(44)35-41,38-22-10-5-11-23-38)39-24-12-6-13-25-39/h3-35H,1H2,2H3. The van der Waals surface area contributed by atoms with Crippen LogP contribution in [0.2, 0.25) is 0 Å². The van der Waals surface area contributed by atoms with E-state index < -0.39 is 5.41 Å². The number of rotatable bonds is 7. The maximum absolute atomic E-state index is 4.44. The van der Waals surface area contributed by atoms with E-state index in [4.69, 9.17) is 0 Å². The summed E-state index contributed by atoms with van der Waals surface area (Å²) in [4.78, 5) is 0. The Morgan fingerprint density at radius 1 is 0.481 bits per heavy atom. The maximum Gasteiger partial charge on any atom is 0.0784 e. The van der Waals surface area contributed by atoms with E-state index in [1.165, 1.54) is 49.9 Å². The molecule has 9 aromatic rings. The topological polar surface area (TPSA) is 9.86 Å². The fraction of sp³-hybridized carbons (Fsp3) is 0.0385. The monoisotopic (exact) mass is 690 g/mol. The van der Waals surface area contributed by atoms with E-state index in [1.54, 1.807) is 0 Å². The van der Waals surface area contributed by atoms with Gasteiger partial charge in [-0.1, -0.05) is 170 Å². The second-order valence-corrected chi connectivity index (χ2v) is 14.2. The molecule has 0 fully saturated rings. The fourth-order valence-electron chi connectivity index (χ4n) is 9.14. The van der Waals surface area contributed by atoms with Crippen LogP contribution in [0.25, 0.3) is 62.1 Å². The molecule has 0 aliphatic heterocycles. The molecular formula is C52H38N2. The van der Waals surface area contributed by atoms with Crippen LogP contribution in [0.4, 0.5) is 0 Å². The molecule has 0 bridgehead atoms. The Bertz CT molecular complexity index is 2780. The van der Waals surface area contributed by atoms with Crippen molar-refractivity contribution in [2.75, 3.05) is 0 Å². The average molecular weight is 691 g/mol. The molecule has 256 valence electrons. The molecule has 0 amide bonds. The van der Waals surface area contributed by atoms with Crippen molar-refractivity contribution in [1.29, 1.82) is 0 Å². The SMILES string of the molecule is C=Cc1c(-c2c(C)cc(-c3ccccc3)n2-c2ccccc2)n(-c2ccc3c(c2)C(c2ccccc2)(c2ccccc2)c2ccccc2-3)c2ccccc12. The molecule has 2 heterocycles. The molecule has 0 saturated heterocycles. The van der Waals surface area contributed by atoms with Gasteiger partial charge in [-0.2, -0.15) is 0 Å². The van der Waals surface area contributed by atoms with E-state index in [2.05, 4.69) is 217 Å². The Balaban J connectivity index is 1.32. The highest BCUT2D eigenvalue weighted by Gasteiger charge is 2.46. The molecule has 2 aromatic heterocycles. The zero-order valence-electron chi connectivity index (χ0n) is 30.2. The summed E-state index contributed by atoms with van der Waals surface area (Å²) < 4.78 is 4.91. The van der Waals surface area contributed by atoms with Crippen molar-refractivity contribution in [1.82, 2.24) is 9.13 Å². The van der Waals surface area contributed by atoms with Crippen LogP contribution in [0.1, 0.15) is 33.4 Å². The van der Waals surface area contributed by atoms with Crippen LogP contribution in [0.5, 0.6) is 0 Å². The van der Waals surface area contributed by atoms with E-state index >= 15 is 0 Å². The van der Waals surface area contributed by atoms with Crippen molar-refractivity contribution in [3.05, 3.63) is 234 Å². The average Bonchev–Trinajstić information content (AvgIpc) is 3.87. The lowest BCUT2D eigenvalue weighted by Crippen LogP contribution is -2.28. The first-order valence-electron chi connectivity index (χ1n) is 18.7. The Morgan fingerprint density at radius 2 is 1.06 bits per heavy atom. The number of benzene rings is 7. The second-order valence-electron chi connectivity index (χ2n) is 14.2. The van der Waals surface area contributed by atoms with E-state index in [0.717, 1.165) is 39.5 Å². The van der Waals surface area contributed by atoms with Crippen molar-refractivity contribution < 1.29 is 0 Å². The molecule has 0 N–H and O–H groups in total.